The molecule has 2 heterocycles. The van der Waals surface area contributed by atoms with Gasteiger partial charge in [-0.3, -0.25) is 9.69 Å². The molecule has 0 aromatic heterocycles. The van der Waals surface area contributed by atoms with Gasteiger partial charge in [0.2, 0.25) is 5.91 Å². The van der Waals surface area contributed by atoms with Gasteiger partial charge in [-0.15, -0.1) is 0 Å². The average molecular weight is 390 g/mol. The second kappa shape index (κ2) is 10.4. The molecule has 0 aliphatic carbocycles. The summed E-state index contributed by atoms with van der Waals surface area (Å²) in [7, 11) is 1.98. The molecule has 0 saturated carbocycles. The summed E-state index contributed by atoms with van der Waals surface area (Å²) in [5.41, 5.74) is 0.808. The number of amides is 1. The molecule has 2 saturated heterocycles. The van der Waals surface area contributed by atoms with Gasteiger partial charge in [-0.2, -0.15) is 0 Å². The summed E-state index contributed by atoms with van der Waals surface area (Å²) in [6, 6.07) is 7.16. The zero-order chi connectivity index (χ0) is 19.9. The van der Waals surface area contributed by atoms with Gasteiger partial charge in [0, 0.05) is 20.1 Å². The van der Waals surface area contributed by atoms with Gasteiger partial charge >= 0.3 is 0 Å². The van der Waals surface area contributed by atoms with Crippen LogP contribution < -0.4 is 0 Å². The Morgan fingerprint density at radius 2 is 1.89 bits per heavy atom. The van der Waals surface area contributed by atoms with E-state index in [9.17, 15) is 9.18 Å². The highest BCUT2D eigenvalue weighted by atomic mass is 19.1. The Labute approximate surface area is 169 Å². The van der Waals surface area contributed by atoms with Crippen LogP contribution in [0.15, 0.2) is 24.3 Å². The molecule has 156 valence electrons. The summed E-state index contributed by atoms with van der Waals surface area (Å²) in [6.45, 7) is 8.05. The van der Waals surface area contributed by atoms with Crippen LogP contribution >= 0.6 is 0 Å². The van der Waals surface area contributed by atoms with Crippen LogP contribution in [-0.2, 0) is 11.2 Å². The molecule has 28 heavy (non-hydrogen) atoms. The van der Waals surface area contributed by atoms with Gasteiger partial charge in [-0.25, -0.2) is 4.39 Å². The van der Waals surface area contributed by atoms with Gasteiger partial charge in [-0.1, -0.05) is 31.5 Å². The number of nitrogens with zero attached hydrogens (tertiary/aromatic N) is 3. The predicted molar refractivity (Wildman–Crippen MR) is 112 cm³/mol. The number of likely N-dealkylation sites (tertiary alicyclic amines) is 2. The van der Waals surface area contributed by atoms with Crippen molar-refractivity contribution in [2.75, 3.05) is 46.3 Å². The highest BCUT2D eigenvalue weighted by molar-refractivity contribution is 5.81. The summed E-state index contributed by atoms with van der Waals surface area (Å²) >= 11 is 0. The second-order valence-electron chi connectivity index (χ2n) is 8.49. The second-order valence-corrected chi connectivity index (χ2v) is 8.49. The zero-order valence-corrected chi connectivity index (χ0v) is 17.6. The summed E-state index contributed by atoms with van der Waals surface area (Å²) in [5, 5.41) is 0. The van der Waals surface area contributed by atoms with Crippen molar-refractivity contribution >= 4 is 5.91 Å². The van der Waals surface area contributed by atoms with E-state index >= 15 is 0 Å². The van der Waals surface area contributed by atoms with Crippen molar-refractivity contribution in [2.24, 2.45) is 5.92 Å². The van der Waals surface area contributed by atoms with Crippen molar-refractivity contribution in [3.63, 3.8) is 0 Å². The number of hydrogen-bond acceptors (Lipinski definition) is 3. The molecule has 1 aromatic rings. The summed E-state index contributed by atoms with van der Waals surface area (Å²) < 4.78 is 13.8. The fourth-order valence-electron chi connectivity index (χ4n) is 4.75. The van der Waals surface area contributed by atoms with E-state index < -0.39 is 0 Å². The lowest BCUT2D eigenvalue weighted by molar-refractivity contribution is -0.137. The smallest absolute Gasteiger partial charge is 0.239 e. The van der Waals surface area contributed by atoms with Gasteiger partial charge in [0.1, 0.15) is 5.82 Å². The fourth-order valence-corrected chi connectivity index (χ4v) is 4.75. The molecule has 1 amide bonds. The monoisotopic (exact) mass is 389 g/mol. The van der Waals surface area contributed by atoms with Crippen molar-refractivity contribution in [3.05, 3.63) is 35.6 Å². The lowest BCUT2D eigenvalue weighted by atomic mass is 9.95. The van der Waals surface area contributed by atoms with E-state index in [2.05, 4.69) is 16.7 Å². The molecule has 0 spiro atoms. The largest absolute Gasteiger partial charge is 0.344 e. The molecular weight excluding hydrogens is 353 g/mol. The highest BCUT2D eigenvalue weighted by Crippen LogP contribution is 2.22. The van der Waals surface area contributed by atoms with Crippen molar-refractivity contribution in [1.29, 1.82) is 0 Å². The minimum absolute atomic E-state index is 0.0876. The lowest BCUT2D eigenvalue weighted by Gasteiger charge is -2.38. The van der Waals surface area contributed by atoms with Gasteiger partial charge < -0.3 is 9.80 Å². The van der Waals surface area contributed by atoms with Crippen LogP contribution in [0.1, 0.15) is 44.6 Å². The molecule has 0 N–H and O–H groups in total. The first-order valence-corrected chi connectivity index (χ1v) is 11.0. The van der Waals surface area contributed by atoms with Crippen molar-refractivity contribution in [2.45, 2.75) is 51.5 Å². The Hall–Kier alpha value is -1.46. The van der Waals surface area contributed by atoms with Crippen LogP contribution in [-0.4, -0.2) is 73.0 Å². The molecule has 0 radical (unpaired) electrons. The first kappa shape index (κ1) is 21.3. The molecule has 3 rings (SSSR count). The standard InChI is InChI=1S/C23H36FN3O/c1-3-27-14-7-6-10-22(27)23(28)25(2)18-19-11-15-26(16-12-19)17-13-20-8-4-5-9-21(20)24/h4-5,8-9,19,22H,3,6-7,10-18H2,1-2H3. The molecule has 0 bridgehead atoms. The zero-order valence-electron chi connectivity index (χ0n) is 17.6. The number of rotatable bonds is 7. The van der Waals surface area contributed by atoms with E-state index in [1.54, 1.807) is 12.1 Å². The maximum Gasteiger partial charge on any atom is 0.239 e. The number of benzene rings is 1. The third-order valence-corrected chi connectivity index (χ3v) is 6.58. The van der Waals surface area contributed by atoms with Crippen LogP contribution in [0.2, 0.25) is 0 Å². The number of hydrogen-bond donors (Lipinski definition) is 0. The number of piperidine rings is 2. The quantitative estimate of drug-likeness (QED) is 0.715. The van der Waals surface area contributed by atoms with Crippen molar-refractivity contribution in [3.8, 4) is 0 Å². The lowest BCUT2D eigenvalue weighted by Crippen LogP contribution is -2.51. The number of carbonyl (C=O) groups is 1. The fraction of sp³-hybridized carbons (Fsp3) is 0.696. The van der Waals surface area contributed by atoms with E-state index in [1.807, 2.05) is 24.1 Å². The van der Waals surface area contributed by atoms with Crippen LogP contribution in [0.4, 0.5) is 4.39 Å². The first-order chi connectivity index (χ1) is 13.6. The number of likely N-dealkylation sites (N-methyl/N-ethyl adjacent to an activating group) is 2. The number of carbonyl (C=O) groups excluding carboxylic acids is 1. The molecule has 5 heteroatoms. The van der Waals surface area contributed by atoms with E-state index in [0.29, 0.717) is 11.8 Å². The van der Waals surface area contributed by atoms with Crippen LogP contribution in [0.25, 0.3) is 0 Å². The molecule has 2 fully saturated rings. The predicted octanol–water partition coefficient (Wildman–Crippen LogP) is 3.41. The molecule has 1 aromatic carbocycles. The van der Waals surface area contributed by atoms with Crippen LogP contribution in [0.5, 0.6) is 0 Å². The van der Waals surface area contributed by atoms with Crippen LogP contribution in [0.3, 0.4) is 0 Å². The SMILES string of the molecule is CCN1CCCCC1C(=O)N(C)CC1CCN(CCc2ccccc2F)CC1. The third-order valence-electron chi connectivity index (χ3n) is 6.58. The summed E-state index contributed by atoms with van der Waals surface area (Å²) in [5.74, 6) is 0.794. The first-order valence-electron chi connectivity index (χ1n) is 11.0. The summed E-state index contributed by atoms with van der Waals surface area (Å²) in [6.07, 6.45) is 6.40. The van der Waals surface area contributed by atoms with Crippen molar-refractivity contribution in [1.82, 2.24) is 14.7 Å². The Balaban J connectivity index is 1.41. The van der Waals surface area contributed by atoms with Gasteiger partial charge in [0.05, 0.1) is 6.04 Å². The Bertz CT molecular complexity index is 630. The van der Waals surface area contributed by atoms with E-state index in [0.717, 1.165) is 70.5 Å². The third kappa shape index (κ3) is 5.54. The molecule has 4 nitrogen and oxygen atoms in total. The van der Waals surface area contributed by atoms with Crippen molar-refractivity contribution < 1.29 is 9.18 Å². The van der Waals surface area contributed by atoms with E-state index in [-0.39, 0.29) is 11.9 Å². The van der Waals surface area contributed by atoms with Gasteiger partial charge in [0.15, 0.2) is 0 Å². The highest BCUT2D eigenvalue weighted by Gasteiger charge is 2.31. The summed E-state index contributed by atoms with van der Waals surface area (Å²) in [4.78, 5) is 19.7. The number of halogens is 1. The molecule has 1 unspecified atom stereocenters. The minimum Gasteiger partial charge on any atom is -0.344 e. The van der Waals surface area contributed by atoms with Crippen LogP contribution in [0, 0.1) is 11.7 Å². The molecule has 2 aliphatic heterocycles. The maximum absolute atomic E-state index is 13.8. The molecule has 1 atom stereocenters. The maximum atomic E-state index is 13.8. The Morgan fingerprint density at radius 3 is 2.61 bits per heavy atom. The van der Waals surface area contributed by atoms with Gasteiger partial charge in [0.25, 0.3) is 0 Å². The minimum atomic E-state index is -0.0960. The van der Waals surface area contributed by atoms with E-state index in [1.165, 1.54) is 12.8 Å². The average Bonchev–Trinajstić information content (AvgIpc) is 2.73. The molecule has 2 aliphatic rings. The molecular formula is C23H36FN3O. The topological polar surface area (TPSA) is 26.8 Å². The normalized spacial score (nSPS) is 22.3. The Kier molecular flexibility index (Phi) is 7.86. The van der Waals surface area contributed by atoms with Gasteiger partial charge in [-0.05, 0) is 75.8 Å². The Morgan fingerprint density at radius 1 is 1.14 bits per heavy atom. The van der Waals surface area contributed by atoms with E-state index in [4.69, 9.17) is 0 Å².